The number of rotatable bonds is 7. The third kappa shape index (κ3) is 7.87. The van der Waals surface area contributed by atoms with Gasteiger partial charge in [-0.15, -0.1) is 0 Å². The zero-order chi connectivity index (χ0) is 15.9. The maximum atomic E-state index is 11.7. The zero-order valence-corrected chi connectivity index (χ0v) is 13.6. The van der Waals surface area contributed by atoms with Crippen LogP contribution >= 0.6 is 11.6 Å². The number of halogens is 1. The SMILES string of the molecule is CC(C)CCC(C)(O)CNC(=O)NCc1ccc(Cl)nc1. The first-order chi connectivity index (χ1) is 9.78. The van der Waals surface area contributed by atoms with E-state index >= 15 is 0 Å². The average Bonchev–Trinajstić information content (AvgIpc) is 2.43. The van der Waals surface area contributed by atoms with Gasteiger partial charge >= 0.3 is 6.03 Å². The van der Waals surface area contributed by atoms with Crippen molar-refractivity contribution in [1.82, 2.24) is 15.6 Å². The van der Waals surface area contributed by atoms with Crippen LogP contribution in [-0.2, 0) is 6.54 Å². The van der Waals surface area contributed by atoms with Crippen LogP contribution in [0.15, 0.2) is 18.3 Å². The Morgan fingerprint density at radius 1 is 1.43 bits per heavy atom. The summed E-state index contributed by atoms with van der Waals surface area (Å²) in [5, 5.41) is 16.0. The van der Waals surface area contributed by atoms with Gasteiger partial charge in [0.2, 0.25) is 0 Å². The lowest BCUT2D eigenvalue weighted by Gasteiger charge is -2.24. The number of aromatic nitrogens is 1. The van der Waals surface area contributed by atoms with E-state index in [1.807, 2.05) is 0 Å². The second-order valence-electron chi connectivity index (χ2n) is 5.95. The fourth-order valence-corrected chi connectivity index (χ4v) is 1.83. The van der Waals surface area contributed by atoms with E-state index in [1.54, 1.807) is 25.3 Å². The van der Waals surface area contributed by atoms with Crippen molar-refractivity contribution in [2.75, 3.05) is 6.54 Å². The Bertz CT molecular complexity index is 447. The number of urea groups is 1. The number of pyridine rings is 1. The summed E-state index contributed by atoms with van der Waals surface area (Å²) in [6.45, 7) is 6.54. The molecule has 6 heteroatoms. The van der Waals surface area contributed by atoms with Gasteiger partial charge in [-0.05, 0) is 37.3 Å². The summed E-state index contributed by atoms with van der Waals surface area (Å²) in [4.78, 5) is 15.6. The lowest BCUT2D eigenvalue weighted by atomic mass is 9.95. The van der Waals surface area contributed by atoms with E-state index < -0.39 is 5.60 Å². The van der Waals surface area contributed by atoms with Crippen molar-refractivity contribution >= 4 is 17.6 Å². The van der Waals surface area contributed by atoms with Gasteiger partial charge in [-0.3, -0.25) is 0 Å². The van der Waals surface area contributed by atoms with Crippen molar-refractivity contribution < 1.29 is 9.90 Å². The first-order valence-corrected chi connectivity index (χ1v) is 7.51. The van der Waals surface area contributed by atoms with E-state index in [2.05, 4.69) is 29.5 Å². The van der Waals surface area contributed by atoms with Crippen LogP contribution < -0.4 is 10.6 Å². The number of nitrogens with one attached hydrogen (secondary N) is 2. The Hall–Kier alpha value is -1.33. The van der Waals surface area contributed by atoms with Crippen LogP contribution in [0.1, 0.15) is 39.2 Å². The highest BCUT2D eigenvalue weighted by molar-refractivity contribution is 6.29. The van der Waals surface area contributed by atoms with Crippen molar-refractivity contribution in [3.05, 3.63) is 29.0 Å². The van der Waals surface area contributed by atoms with E-state index in [1.165, 1.54) is 0 Å². The predicted molar refractivity (Wildman–Crippen MR) is 84.2 cm³/mol. The van der Waals surface area contributed by atoms with E-state index in [0.29, 0.717) is 24.0 Å². The minimum absolute atomic E-state index is 0.227. The van der Waals surface area contributed by atoms with E-state index in [4.69, 9.17) is 11.6 Å². The molecule has 1 atom stereocenters. The molecule has 0 aliphatic rings. The van der Waals surface area contributed by atoms with Gasteiger partial charge in [0.1, 0.15) is 5.15 Å². The largest absolute Gasteiger partial charge is 0.388 e. The summed E-state index contributed by atoms with van der Waals surface area (Å²) in [5.74, 6) is 0.530. The maximum absolute atomic E-state index is 11.7. The molecule has 1 unspecified atom stereocenters. The lowest BCUT2D eigenvalue weighted by molar-refractivity contribution is 0.0476. The first kappa shape index (κ1) is 17.7. The quantitative estimate of drug-likeness (QED) is 0.678. The van der Waals surface area contributed by atoms with Gasteiger partial charge < -0.3 is 15.7 Å². The minimum Gasteiger partial charge on any atom is -0.388 e. The highest BCUT2D eigenvalue weighted by Gasteiger charge is 2.21. The van der Waals surface area contributed by atoms with Gasteiger partial charge in [0.25, 0.3) is 0 Å². The molecule has 0 aromatic carbocycles. The standard InChI is InChI=1S/C15H24ClN3O2/c1-11(2)6-7-15(3,21)10-19-14(20)18-9-12-4-5-13(16)17-8-12/h4-5,8,11,21H,6-7,9-10H2,1-3H3,(H2,18,19,20). The molecular weight excluding hydrogens is 290 g/mol. The number of nitrogens with zero attached hydrogens (tertiary/aromatic N) is 1. The summed E-state index contributed by atoms with van der Waals surface area (Å²) in [5.41, 5.74) is -0.0233. The highest BCUT2D eigenvalue weighted by Crippen LogP contribution is 2.15. The molecule has 0 spiro atoms. The molecule has 3 N–H and O–H groups in total. The fraction of sp³-hybridized carbons (Fsp3) is 0.600. The van der Waals surface area contributed by atoms with Gasteiger partial charge in [-0.25, -0.2) is 9.78 Å². The van der Waals surface area contributed by atoms with Crippen LogP contribution in [0.25, 0.3) is 0 Å². The van der Waals surface area contributed by atoms with Crippen LogP contribution in [0.3, 0.4) is 0 Å². The number of carbonyl (C=O) groups excluding carboxylic acids is 1. The monoisotopic (exact) mass is 313 g/mol. The van der Waals surface area contributed by atoms with Gasteiger partial charge in [0.15, 0.2) is 0 Å². The molecule has 1 aromatic heterocycles. The number of carbonyl (C=O) groups is 1. The first-order valence-electron chi connectivity index (χ1n) is 7.13. The van der Waals surface area contributed by atoms with Crippen LogP contribution in [0.2, 0.25) is 5.15 Å². The van der Waals surface area contributed by atoms with Gasteiger partial charge in [0.05, 0.1) is 5.60 Å². The Balaban J connectivity index is 2.28. The van der Waals surface area contributed by atoms with Crippen LogP contribution in [0.4, 0.5) is 4.79 Å². The second kappa shape index (κ2) is 8.20. The molecule has 1 aromatic rings. The van der Waals surface area contributed by atoms with Crippen LogP contribution in [0, 0.1) is 5.92 Å². The lowest BCUT2D eigenvalue weighted by Crippen LogP contribution is -2.44. The molecule has 0 bridgehead atoms. The normalized spacial score (nSPS) is 13.8. The molecular formula is C15H24ClN3O2. The Morgan fingerprint density at radius 3 is 2.71 bits per heavy atom. The molecule has 21 heavy (non-hydrogen) atoms. The summed E-state index contributed by atoms with van der Waals surface area (Å²) < 4.78 is 0. The zero-order valence-electron chi connectivity index (χ0n) is 12.8. The summed E-state index contributed by atoms with van der Waals surface area (Å²) in [6.07, 6.45) is 3.19. The second-order valence-corrected chi connectivity index (χ2v) is 6.34. The highest BCUT2D eigenvalue weighted by atomic mass is 35.5. The molecule has 1 heterocycles. The van der Waals surface area contributed by atoms with Crippen LogP contribution in [0.5, 0.6) is 0 Å². The Kier molecular flexibility index (Phi) is 6.92. The van der Waals surface area contributed by atoms with E-state index in [-0.39, 0.29) is 12.6 Å². The van der Waals surface area contributed by atoms with Crippen molar-refractivity contribution in [2.45, 2.75) is 45.8 Å². The molecule has 0 aliphatic heterocycles. The average molecular weight is 314 g/mol. The third-order valence-electron chi connectivity index (χ3n) is 3.13. The van der Waals surface area contributed by atoms with Crippen molar-refractivity contribution in [3.63, 3.8) is 0 Å². The minimum atomic E-state index is -0.885. The smallest absolute Gasteiger partial charge is 0.315 e. The Labute approximate surface area is 131 Å². The topological polar surface area (TPSA) is 74.2 Å². The molecule has 0 fully saturated rings. The molecule has 0 saturated heterocycles. The number of amides is 2. The molecule has 5 nitrogen and oxygen atoms in total. The van der Waals surface area contributed by atoms with Gasteiger partial charge in [-0.2, -0.15) is 0 Å². The van der Waals surface area contributed by atoms with Crippen LogP contribution in [-0.4, -0.2) is 28.3 Å². The summed E-state index contributed by atoms with van der Waals surface area (Å²) in [7, 11) is 0. The molecule has 1 rings (SSSR count). The van der Waals surface area contributed by atoms with E-state index in [0.717, 1.165) is 12.0 Å². The van der Waals surface area contributed by atoms with Gasteiger partial charge in [-0.1, -0.05) is 31.5 Å². The number of aliphatic hydroxyl groups is 1. The van der Waals surface area contributed by atoms with Crippen molar-refractivity contribution in [3.8, 4) is 0 Å². The maximum Gasteiger partial charge on any atom is 0.315 e. The summed E-state index contributed by atoms with van der Waals surface area (Å²) in [6, 6.07) is 3.16. The molecule has 2 amide bonds. The van der Waals surface area contributed by atoms with Gasteiger partial charge in [0, 0.05) is 19.3 Å². The predicted octanol–water partition coefficient (Wildman–Crippen LogP) is 2.72. The van der Waals surface area contributed by atoms with E-state index in [9.17, 15) is 9.90 Å². The molecule has 118 valence electrons. The fourth-order valence-electron chi connectivity index (χ4n) is 1.71. The summed E-state index contributed by atoms with van der Waals surface area (Å²) >= 11 is 5.69. The number of hydrogen-bond donors (Lipinski definition) is 3. The molecule has 0 radical (unpaired) electrons. The molecule has 0 aliphatic carbocycles. The third-order valence-corrected chi connectivity index (χ3v) is 3.36. The van der Waals surface area contributed by atoms with Crippen molar-refractivity contribution in [1.29, 1.82) is 0 Å². The molecule has 0 saturated carbocycles. The Morgan fingerprint density at radius 2 is 2.14 bits per heavy atom. The van der Waals surface area contributed by atoms with Crippen molar-refractivity contribution in [2.24, 2.45) is 5.92 Å². The number of hydrogen-bond acceptors (Lipinski definition) is 3.